The maximum Gasteiger partial charge on any atom is 0.0497 e. The molecule has 18 rings (SSSR count). The zero-order chi connectivity index (χ0) is 84.7. The molecule has 6 heteroatoms. The molecule has 6 heterocycles. The van der Waals surface area contributed by atoms with Gasteiger partial charge in [-0.25, -0.2) is 0 Å². The summed E-state index contributed by atoms with van der Waals surface area (Å²) in [6.07, 6.45) is 0. The highest BCUT2D eigenvalue weighted by molar-refractivity contribution is 6.15. The van der Waals surface area contributed by atoms with Gasteiger partial charge in [0.15, 0.2) is 0 Å². The Hall–Kier alpha value is -10.6. The summed E-state index contributed by atoms with van der Waals surface area (Å²) in [5.41, 5.74) is 23.4. The molecule has 0 aliphatic heterocycles. The third-order valence-corrected chi connectivity index (χ3v) is 19.5. The lowest BCUT2D eigenvalue weighted by atomic mass is 10.0. The quantitative estimate of drug-likeness (QED) is 0.138. The van der Waals surface area contributed by atoms with E-state index in [9.17, 15) is 0 Å². The number of aryl methyl sites for hydroxylation is 6. The Kier molecular flexibility index (Phi) is 41.9. The van der Waals surface area contributed by atoms with E-state index in [1.54, 1.807) is 0 Å². The smallest absolute Gasteiger partial charge is 0.0497 e. The first-order chi connectivity index (χ1) is 56.4. The molecule has 0 aliphatic carbocycles. The molecule has 0 radical (unpaired) electrons. The summed E-state index contributed by atoms with van der Waals surface area (Å²) in [6.45, 7) is 67.2. The van der Waals surface area contributed by atoms with Crippen molar-refractivity contribution in [2.24, 2.45) is 0 Å². The fourth-order valence-electron chi connectivity index (χ4n) is 15.4. The van der Waals surface area contributed by atoms with E-state index in [0.29, 0.717) is 0 Å². The molecule has 6 nitrogen and oxygen atoms in total. The van der Waals surface area contributed by atoms with E-state index in [0.717, 1.165) is 39.3 Å². The van der Waals surface area contributed by atoms with Crippen molar-refractivity contribution in [3.8, 4) is 33.4 Å². The van der Waals surface area contributed by atoms with Crippen LogP contribution in [0.1, 0.15) is 208 Å². The molecule has 18 aromatic rings. The van der Waals surface area contributed by atoms with Gasteiger partial charge in [-0.2, -0.15) is 0 Å². The second kappa shape index (κ2) is 49.8. The minimum Gasteiger partial charge on any atom is -0.341 e. The molecule has 0 saturated heterocycles. The minimum atomic E-state index is 0.969. The van der Waals surface area contributed by atoms with Gasteiger partial charge in [0.1, 0.15) is 0 Å². The number of rotatable bonds is 9. The molecule has 0 unspecified atom stereocenters. The van der Waals surface area contributed by atoms with Gasteiger partial charge < -0.3 is 27.4 Å². The second-order valence-electron chi connectivity index (χ2n) is 24.0. The van der Waals surface area contributed by atoms with Crippen LogP contribution >= 0.6 is 0 Å². The van der Waals surface area contributed by atoms with Crippen LogP contribution in [0, 0.1) is 0 Å². The molecule has 0 bridgehead atoms. The van der Waals surface area contributed by atoms with E-state index in [4.69, 9.17) is 0 Å². The molecule has 0 atom stereocenters. The van der Waals surface area contributed by atoms with Gasteiger partial charge >= 0.3 is 0 Å². The van der Waals surface area contributed by atoms with Crippen LogP contribution in [-0.4, -0.2) is 27.4 Å². The lowest BCUT2D eigenvalue weighted by Gasteiger charge is -2.08. The largest absolute Gasteiger partial charge is 0.341 e. The summed E-state index contributed by atoms with van der Waals surface area (Å²) >= 11 is 0. The van der Waals surface area contributed by atoms with Crippen LogP contribution in [0.2, 0.25) is 0 Å². The molecule has 12 aromatic carbocycles. The average Bonchev–Trinajstić information content (AvgIpc) is 1.61. The van der Waals surface area contributed by atoms with Crippen LogP contribution in [0.4, 0.5) is 0 Å². The number of para-hydroxylation sites is 6. The summed E-state index contributed by atoms with van der Waals surface area (Å²) < 4.78 is 14.5. The third kappa shape index (κ3) is 19.4. The molecule has 606 valence electrons. The summed E-state index contributed by atoms with van der Waals surface area (Å²) in [5, 5.41) is 16.0. The first kappa shape index (κ1) is 95.8. The molecule has 0 saturated carbocycles. The van der Waals surface area contributed by atoms with Crippen LogP contribution in [0.15, 0.2) is 255 Å². The van der Waals surface area contributed by atoms with E-state index in [1.807, 2.05) is 166 Å². The highest BCUT2D eigenvalue weighted by Gasteiger charge is 2.18. The monoisotopic (exact) mass is 1530 g/mol. The Balaban J connectivity index is 0.000000318. The molecule has 6 aromatic heterocycles. The van der Waals surface area contributed by atoms with Crippen LogP contribution in [-0.2, 0) is 39.3 Å². The number of hydrogen-bond donors (Lipinski definition) is 0. The molecule has 0 spiro atoms. The highest BCUT2D eigenvalue weighted by Crippen LogP contribution is 2.40. The van der Waals surface area contributed by atoms with Gasteiger partial charge in [-0.3, -0.25) is 0 Å². The maximum atomic E-state index is 2.43. The Bertz CT molecular complexity index is 5460. The molecule has 114 heavy (non-hydrogen) atoms. The Morgan fingerprint density at radius 2 is 0.263 bits per heavy atom. The molecular weight excluding hydrogens is 1380 g/mol. The molecule has 0 amide bonds. The van der Waals surface area contributed by atoms with Crippen molar-refractivity contribution in [1.29, 1.82) is 0 Å². The standard InChI is InChI=1S/3C28H24N2.12C2H6/c2*1-3-29-26-12-8-6-10-22(26)24-17-19(14-16-27(24)29)20-13-15-23-21-9-5-7-11-25(21)30(4-2)28(23)18-20;1-3-29-25-11-7-5-9-21(25)23-15-13-19(17-27(23)29)20-14-16-24-22-10-6-8-12-26(22)30(4-2)28(24)18-20;12*1-2/h3*5-18H,3-4H2,1-2H3;12*1-2H3. The van der Waals surface area contributed by atoms with Gasteiger partial charge in [0.2, 0.25) is 0 Å². The molecular formula is C108H144N6. The maximum absolute atomic E-state index is 2.43. The zero-order valence-electron chi connectivity index (χ0n) is 76.2. The van der Waals surface area contributed by atoms with Gasteiger partial charge in [0, 0.05) is 170 Å². The average molecular weight is 1530 g/mol. The summed E-state index contributed by atoms with van der Waals surface area (Å²) in [6, 6.07) is 93.9. The summed E-state index contributed by atoms with van der Waals surface area (Å²) in [4.78, 5) is 0. The fourth-order valence-corrected chi connectivity index (χ4v) is 15.4. The Morgan fingerprint density at radius 1 is 0.132 bits per heavy atom. The van der Waals surface area contributed by atoms with E-state index < -0.39 is 0 Å². The lowest BCUT2D eigenvalue weighted by molar-refractivity contribution is 0.827. The summed E-state index contributed by atoms with van der Waals surface area (Å²) in [5.74, 6) is 0. The SMILES string of the molecule is CC.CC.CC.CC.CC.CC.CC.CC.CC.CC.CC.CC.CCn1c2ccccc2c2cc(-c3ccc4c5ccccc5n(CC)c4c3)ccc21.CCn1c2ccccc2c2cc(-c3ccc4c5ccccc5n(CC)c4c3)ccc21.CCn1c2ccccc2c2ccc(-c3ccc4c5ccccc5n(CC)c4c3)cc21. The van der Waals surface area contributed by atoms with E-state index >= 15 is 0 Å². The predicted octanol–water partition coefficient (Wildman–Crippen LogP) is 35.1. The minimum absolute atomic E-state index is 0.969. The van der Waals surface area contributed by atoms with E-state index in [1.165, 1.54) is 164 Å². The lowest BCUT2D eigenvalue weighted by Crippen LogP contribution is -1.94. The third-order valence-electron chi connectivity index (χ3n) is 19.5. The number of aromatic nitrogens is 6. The normalized spacial score (nSPS) is 10.1. The fraction of sp³-hybridized carbons (Fsp3) is 0.333. The van der Waals surface area contributed by atoms with Gasteiger partial charge in [-0.1, -0.05) is 336 Å². The predicted molar refractivity (Wildman–Crippen MR) is 524 cm³/mol. The number of benzene rings is 12. The second-order valence-corrected chi connectivity index (χ2v) is 24.0. The van der Waals surface area contributed by atoms with Crippen molar-refractivity contribution in [3.05, 3.63) is 255 Å². The topological polar surface area (TPSA) is 29.6 Å². The van der Waals surface area contributed by atoms with Gasteiger partial charge in [-0.15, -0.1) is 0 Å². The van der Waals surface area contributed by atoms with Crippen molar-refractivity contribution in [3.63, 3.8) is 0 Å². The van der Waals surface area contributed by atoms with Crippen LogP contribution < -0.4 is 0 Å². The summed E-state index contributed by atoms with van der Waals surface area (Å²) in [7, 11) is 0. The first-order valence-corrected chi connectivity index (χ1v) is 44.5. The van der Waals surface area contributed by atoms with Crippen molar-refractivity contribution in [2.45, 2.75) is 247 Å². The van der Waals surface area contributed by atoms with Crippen LogP contribution in [0.3, 0.4) is 0 Å². The van der Waals surface area contributed by atoms with E-state index in [2.05, 4.69) is 324 Å². The van der Waals surface area contributed by atoms with Crippen molar-refractivity contribution in [1.82, 2.24) is 27.4 Å². The van der Waals surface area contributed by atoms with Gasteiger partial charge in [0.05, 0.1) is 0 Å². The number of hydrogen-bond acceptors (Lipinski definition) is 0. The first-order valence-electron chi connectivity index (χ1n) is 44.5. The number of nitrogens with zero attached hydrogens (tertiary/aromatic N) is 6. The Morgan fingerprint density at radius 3 is 0.447 bits per heavy atom. The van der Waals surface area contributed by atoms with Crippen LogP contribution in [0.25, 0.3) is 164 Å². The van der Waals surface area contributed by atoms with Crippen molar-refractivity contribution >= 4 is 131 Å². The van der Waals surface area contributed by atoms with Gasteiger partial charge in [0.25, 0.3) is 0 Å². The van der Waals surface area contributed by atoms with E-state index in [-0.39, 0.29) is 0 Å². The van der Waals surface area contributed by atoms with Crippen LogP contribution in [0.5, 0.6) is 0 Å². The molecule has 0 N–H and O–H groups in total. The van der Waals surface area contributed by atoms with Crippen molar-refractivity contribution in [2.75, 3.05) is 0 Å². The van der Waals surface area contributed by atoms with Gasteiger partial charge in [-0.05, 0) is 160 Å². The molecule has 0 aliphatic rings. The zero-order valence-corrected chi connectivity index (χ0v) is 76.2. The Labute approximate surface area is 689 Å². The van der Waals surface area contributed by atoms with Crippen molar-refractivity contribution < 1.29 is 0 Å². The molecule has 0 fully saturated rings. The highest BCUT2D eigenvalue weighted by atomic mass is 15.0. The number of fused-ring (bicyclic) bond motifs is 18.